The summed E-state index contributed by atoms with van der Waals surface area (Å²) >= 11 is 0. The average Bonchev–Trinajstić information content (AvgIpc) is 2.43. The van der Waals surface area contributed by atoms with Gasteiger partial charge < -0.3 is 9.80 Å². The lowest BCUT2D eigenvalue weighted by atomic mass is 9.85. The molecule has 0 bridgehead atoms. The zero-order chi connectivity index (χ0) is 14.3. The second-order valence-electron chi connectivity index (χ2n) is 5.56. The smallest absolute Gasteiger partial charge is 0.224 e. The Kier molecular flexibility index (Phi) is 3.20. The Hall–Kier alpha value is -1.91. The molecule has 2 aliphatic rings. The molecule has 3 rings (SSSR count). The summed E-state index contributed by atoms with van der Waals surface area (Å²) in [6.07, 6.45) is 7.48. The molecule has 1 aromatic heterocycles. The van der Waals surface area contributed by atoms with Crippen molar-refractivity contribution in [1.29, 1.82) is 0 Å². The van der Waals surface area contributed by atoms with Crippen molar-refractivity contribution in [1.82, 2.24) is 4.98 Å². The molecule has 2 atom stereocenters. The van der Waals surface area contributed by atoms with E-state index in [2.05, 4.69) is 4.98 Å². The summed E-state index contributed by atoms with van der Waals surface area (Å²) in [5, 5.41) is 0. The molecule has 2 heterocycles. The van der Waals surface area contributed by atoms with E-state index in [4.69, 9.17) is 0 Å². The molecule has 0 N–H and O–H groups in total. The molecule has 0 saturated heterocycles. The van der Waals surface area contributed by atoms with Gasteiger partial charge in [0, 0.05) is 20.0 Å². The number of amides is 2. The highest BCUT2D eigenvalue weighted by Gasteiger charge is 2.43. The topological polar surface area (TPSA) is 53.5 Å². The molecule has 1 saturated carbocycles. The summed E-state index contributed by atoms with van der Waals surface area (Å²) in [5.41, 5.74) is 1.57. The fraction of sp³-hybridized carbons (Fsp3) is 0.533. The quantitative estimate of drug-likeness (QED) is 0.727. The second kappa shape index (κ2) is 4.89. The highest BCUT2D eigenvalue weighted by Crippen LogP contribution is 2.42. The largest absolute Gasteiger partial charge is 0.305 e. The number of carbonyl (C=O) groups is 2. The van der Waals surface area contributed by atoms with E-state index in [0.717, 1.165) is 37.1 Å². The minimum Gasteiger partial charge on any atom is -0.305 e. The van der Waals surface area contributed by atoms with E-state index in [9.17, 15) is 9.59 Å². The third-order valence-corrected chi connectivity index (χ3v) is 4.33. The Morgan fingerprint density at radius 1 is 1.05 bits per heavy atom. The lowest BCUT2D eigenvalue weighted by Crippen LogP contribution is -2.60. The first-order valence-corrected chi connectivity index (χ1v) is 7.15. The van der Waals surface area contributed by atoms with Crippen LogP contribution in [0.25, 0.3) is 0 Å². The molecule has 1 fully saturated rings. The molecule has 0 aromatic carbocycles. The molecule has 0 spiro atoms. The van der Waals surface area contributed by atoms with Crippen LogP contribution in [0.4, 0.5) is 11.4 Å². The lowest BCUT2D eigenvalue weighted by Gasteiger charge is -2.49. The monoisotopic (exact) mass is 273 g/mol. The van der Waals surface area contributed by atoms with E-state index in [-0.39, 0.29) is 23.9 Å². The van der Waals surface area contributed by atoms with Crippen molar-refractivity contribution >= 4 is 23.2 Å². The molecular weight excluding hydrogens is 254 g/mol. The molecule has 106 valence electrons. The van der Waals surface area contributed by atoms with Gasteiger partial charge in [-0.3, -0.25) is 14.6 Å². The van der Waals surface area contributed by atoms with E-state index in [1.165, 1.54) is 0 Å². The fourth-order valence-corrected chi connectivity index (χ4v) is 3.63. The maximum absolute atomic E-state index is 12.1. The molecular formula is C15H19N3O2. The number of aromatic nitrogens is 1. The zero-order valence-corrected chi connectivity index (χ0v) is 11.9. The van der Waals surface area contributed by atoms with E-state index >= 15 is 0 Å². The van der Waals surface area contributed by atoms with Gasteiger partial charge in [-0.15, -0.1) is 0 Å². The first-order chi connectivity index (χ1) is 9.61. The molecule has 20 heavy (non-hydrogen) atoms. The van der Waals surface area contributed by atoms with Crippen molar-refractivity contribution in [3.63, 3.8) is 0 Å². The van der Waals surface area contributed by atoms with Crippen molar-refractivity contribution in [3.05, 3.63) is 18.5 Å². The highest BCUT2D eigenvalue weighted by molar-refractivity contribution is 6.03. The summed E-state index contributed by atoms with van der Waals surface area (Å²) in [5.74, 6) is 0.0666. The van der Waals surface area contributed by atoms with Crippen LogP contribution in [0.15, 0.2) is 18.5 Å². The van der Waals surface area contributed by atoms with Crippen molar-refractivity contribution in [3.8, 4) is 0 Å². The average molecular weight is 273 g/mol. The van der Waals surface area contributed by atoms with Crippen molar-refractivity contribution < 1.29 is 9.59 Å². The van der Waals surface area contributed by atoms with Crippen LogP contribution in [0.3, 0.4) is 0 Å². The number of carbonyl (C=O) groups excluding carboxylic acids is 2. The van der Waals surface area contributed by atoms with Gasteiger partial charge in [-0.2, -0.15) is 0 Å². The summed E-state index contributed by atoms with van der Waals surface area (Å²) in [4.78, 5) is 32.0. The second-order valence-corrected chi connectivity index (χ2v) is 5.56. The van der Waals surface area contributed by atoms with Gasteiger partial charge in [0.2, 0.25) is 11.8 Å². The summed E-state index contributed by atoms with van der Waals surface area (Å²) in [6, 6.07) is 2.01. The van der Waals surface area contributed by atoms with Gasteiger partial charge in [-0.1, -0.05) is 12.8 Å². The normalized spacial score (nSPS) is 24.9. The number of anilines is 2. The third-order valence-electron chi connectivity index (χ3n) is 4.33. The summed E-state index contributed by atoms with van der Waals surface area (Å²) < 4.78 is 0. The Balaban J connectivity index is 2.17. The van der Waals surface area contributed by atoms with Crippen LogP contribution in [-0.2, 0) is 9.59 Å². The van der Waals surface area contributed by atoms with Crippen LogP contribution in [0.2, 0.25) is 0 Å². The number of hydrogen-bond acceptors (Lipinski definition) is 3. The van der Waals surface area contributed by atoms with E-state index in [1.54, 1.807) is 26.2 Å². The molecule has 2 amide bonds. The number of rotatable bonds is 0. The maximum atomic E-state index is 12.1. The van der Waals surface area contributed by atoms with Crippen molar-refractivity contribution in [2.24, 2.45) is 0 Å². The Morgan fingerprint density at radius 3 is 2.15 bits per heavy atom. The van der Waals surface area contributed by atoms with Crippen LogP contribution in [0.5, 0.6) is 0 Å². The van der Waals surface area contributed by atoms with Gasteiger partial charge in [-0.25, -0.2) is 0 Å². The first kappa shape index (κ1) is 13.1. The predicted octanol–water partition coefficient (Wildman–Crippen LogP) is 2.11. The van der Waals surface area contributed by atoms with E-state index in [1.807, 2.05) is 15.9 Å². The molecule has 1 aliphatic carbocycles. The van der Waals surface area contributed by atoms with E-state index < -0.39 is 0 Å². The maximum Gasteiger partial charge on any atom is 0.224 e. The van der Waals surface area contributed by atoms with Gasteiger partial charge in [0.1, 0.15) is 0 Å². The number of hydrogen-bond donors (Lipinski definition) is 0. The van der Waals surface area contributed by atoms with Gasteiger partial charge in [0.05, 0.1) is 29.7 Å². The third kappa shape index (κ3) is 1.88. The van der Waals surface area contributed by atoms with Gasteiger partial charge >= 0.3 is 0 Å². The Bertz CT molecular complexity index is 509. The molecule has 0 radical (unpaired) electrons. The van der Waals surface area contributed by atoms with Gasteiger partial charge in [0.15, 0.2) is 0 Å². The minimum atomic E-state index is 0.0272. The molecule has 5 nitrogen and oxygen atoms in total. The number of pyridine rings is 1. The summed E-state index contributed by atoms with van der Waals surface area (Å²) in [6.45, 7) is 3.19. The first-order valence-electron chi connectivity index (χ1n) is 7.15. The van der Waals surface area contributed by atoms with Gasteiger partial charge in [-0.05, 0) is 18.9 Å². The fourth-order valence-electron chi connectivity index (χ4n) is 3.63. The van der Waals surface area contributed by atoms with Crippen LogP contribution in [0, 0.1) is 0 Å². The molecule has 5 heteroatoms. The Labute approximate surface area is 118 Å². The standard InChI is InChI=1S/C15H19N3O2/c1-10(19)17-12-5-3-4-6-13(12)18(11(2)20)15-9-16-8-7-14(15)17/h7-9,12-13H,3-6H2,1-2H3/t12?,13-/m1/s1. The molecule has 1 unspecified atom stereocenters. The number of nitrogens with zero attached hydrogens (tertiary/aromatic N) is 3. The van der Waals surface area contributed by atoms with Crippen LogP contribution in [-0.4, -0.2) is 28.9 Å². The van der Waals surface area contributed by atoms with Gasteiger partial charge in [0.25, 0.3) is 0 Å². The summed E-state index contributed by atoms with van der Waals surface area (Å²) in [7, 11) is 0. The SMILES string of the molecule is CC(=O)N1c2ccncc2N(C(C)=O)[C@@H]2CCCCC21. The molecule has 1 aromatic rings. The van der Waals surface area contributed by atoms with Crippen LogP contribution in [0.1, 0.15) is 39.5 Å². The molecule has 1 aliphatic heterocycles. The van der Waals surface area contributed by atoms with Crippen LogP contribution >= 0.6 is 0 Å². The zero-order valence-electron chi connectivity index (χ0n) is 11.9. The highest BCUT2D eigenvalue weighted by atomic mass is 16.2. The minimum absolute atomic E-state index is 0.0272. The lowest BCUT2D eigenvalue weighted by molar-refractivity contribution is -0.119. The Morgan fingerprint density at radius 2 is 1.60 bits per heavy atom. The van der Waals surface area contributed by atoms with E-state index in [0.29, 0.717) is 0 Å². The van der Waals surface area contributed by atoms with Crippen molar-refractivity contribution in [2.45, 2.75) is 51.6 Å². The number of fused-ring (bicyclic) bond motifs is 2. The van der Waals surface area contributed by atoms with Crippen molar-refractivity contribution in [2.75, 3.05) is 9.80 Å². The predicted molar refractivity (Wildman–Crippen MR) is 76.6 cm³/mol. The van der Waals surface area contributed by atoms with Crippen LogP contribution < -0.4 is 9.80 Å².